The van der Waals surface area contributed by atoms with E-state index in [0.717, 1.165) is 16.9 Å². The van der Waals surface area contributed by atoms with Crippen LogP contribution in [-0.4, -0.2) is 32.7 Å². The molecule has 3 rings (SSSR count). The molecule has 0 bridgehead atoms. The molecule has 7 heteroatoms. The Morgan fingerprint density at radius 2 is 1.89 bits per heavy atom. The van der Waals surface area contributed by atoms with Gasteiger partial charge in [-0.25, -0.2) is 4.98 Å². The van der Waals surface area contributed by atoms with Gasteiger partial charge < -0.3 is 15.7 Å². The monoisotopic (exact) mass is 397 g/mol. The molecule has 0 saturated carbocycles. The Kier molecular flexibility index (Phi) is 6.44. The van der Waals surface area contributed by atoms with Gasteiger partial charge in [0.15, 0.2) is 0 Å². The van der Waals surface area contributed by atoms with Gasteiger partial charge in [-0.15, -0.1) is 0 Å². The Bertz CT molecular complexity index is 933. The third-order valence-electron chi connectivity index (χ3n) is 4.43. The molecule has 3 N–H and O–H groups in total. The SMILES string of the molecule is Cc1ccc(Cl)cc1Nc1cc(-c2ccccn2)nc(N[C@H](CO)C(C)C)n1. The molecule has 0 aliphatic rings. The number of pyridine rings is 1. The van der Waals surface area contributed by atoms with Crippen molar-refractivity contribution in [1.29, 1.82) is 0 Å². The first-order valence-electron chi connectivity index (χ1n) is 9.17. The van der Waals surface area contributed by atoms with E-state index in [1.54, 1.807) is 6.20 Å². The van der Waals surface area contributed by atoms with Gasteiger partial charge in [0.25, 0.3) is 0 Å². The molecule has 3 aromatic rings. The first-order chi connectivity index (χ1) is 13.5. The van der Waals surface area contributed by atoms with Crippen LogP contribution >= 0.6 is 11.6 Å². The fraction of sp³-hybridized carbons (Fsp3) is 0.286. The highest BCUT2D eigenvalue weighted by atomic mass is 35.5. The lowest BCUT2D eigenvalue weighted by molar-refractivity contribution is 0.248. The van der Waals surface area contributed by atoms with Crippen molar-refractivity contribution >= 4 is 29.1 Å². The van der Waals surface area contributed by atoms with E-state index in [-0.39, 0.29) is 18.6 Å². The summed E-state index contributed by atoms with van der Waals surface area (Å²) in [6.45, 7) is 6.06. The fourth-order valence-electron chi connectivity index (χ4n) is 2.68. The average Bonchev–Trinajstić information content (AvgIpc) is 2.69. The Morgan fingerprint density at radius 3 is 2.57 bits per heavy atom. The molecular formula is C21H24ClN5O. The molecule has 0 amide bonds. The quantitative estimate of drug-likeness (QED) is 0.537. The second-order valence-corrected chi connectivity index (χ2v) is 7.38. The molecule has 2 heterocycles. The highest BCUT2D eigenvalue weighted by molar-refractivity contribution is 6.30. The van der Waals surface area contributed by atoms with Crippen LogP contribution in [-0.2, 0) is 0 Å². The molecule has 0 aliphatic heterocycles. The number of rotatable bonds is 7. The number of nitrogens with zero attached hydrogens (tertiary/aromatic N) is 3. The van der Waals surface area contributed by atoms with Gasteiger partial charge in [-0.1, -0.05) is 37.6 Å². The van der Waals surface area contributed by atoms with Crippen LogP contribution < -0.4 is 10.6 Å². The Morgan fingerprint density at radius 1 is 1.07 bits per heavy atom. The van der Waals surface area contributed by atoms with E-state index >= 15 is 0 Å². The molecule has 146 valence electrons. The standard InChI is InChI=1S/C21H24ClN5O/c1-13(2)19(12-28)26-21-25-18(16-6-4-5-9-23-16)11-20(27-21)24-17-10-15(22)8-7-14(17)3/h4-11,13,19,28H,12H2,1-3H3,(H2,24,25,26,27)/t19-/m1/s1. The number of anilines is 3. The summed E-state index contributed by atoms with van der Waals surface area (Å²) in [6, 6.07) is 13.0. The van der Waals surface area contributed by atoms with Crippen molar-refractivity contribution in [3.8, 4) is 11.4 Å². The third-order valence-corrected chi connectivity index (χ3v) is 4.67. The summed E-state index contributed by atoms with van der Waals surface area (Å²) in [5, 5.41) is 16.8. The Balaban J connectivity index is 2.00. The molecule has 1 aromatic carbocycles. The largest absolute Gasteiger partial charge is 0.394 e. The predicted octanol–water partition coefficient (Wildman–Crippen LogP) is 4.67. The van der Waals surface area contributed by atoms with E-state index in [0.29, 0.717) is 22.5 Å². The lowest BCUT2D eigenvalue weighted by Gasteiger charge is -2.21. The molecule has 0 fully saturated rings. The number of aromatic nitrogens is 3. The lowest BCUT2D eigenvalue weighted by Crippen LogP contribution is -2.30. The third kappa shape index (κ3) is 4.97. The molecular weight excluding hydrogens is 374 g/mol. The van der Waals surface area contributed by atoms with Crippen molar-refractivity contribution in [3.63, 3.8) is 0 Å². The minimum Gasteiger partial charge on any atom is -0.394 e. The topological polar surface area (TPSA) is 83.0 Å². The van der Waals surface area contributed by atoms with Gasteiger partial charge in [0.05, 0.1) is 24.0 Å². The maximum Gasteiger partial charge on any atom is 0.225 e. The van der Waals surface area contributed by atoms with Gasteiger partial charge in [0.1, 0.15) is 5.82 Å². The summed E-state index contributed by atoms with van der Waals surface area (Å²) in [5.74, 6) is 1.26. The molecule has 6 nitrogen and oxygen atoms in total. The van der Waals surface area contributed by atoms with Crippen molar-refractivity contribution in [2.24, 2.45) is 5.92 Å². The molecule has 0 saturated heterocycles. The summed E-state index contributed by atoms with van der Waals surface area (Å²) in [7, 11) is 0. The van der Waals surface area contributed by atoms with Crippen LogP contribution in [0.3, 0.4) is 0 Å². The van der Waals surface area contributed by atoms with Crippen molar-refractivity contribution in [1.82, 2.24) is 15.0 Å². The smallest absolute Gasteiger partial charge is 0.225 e. The van der Waals surface area contributed by atoms with Gasteiger partial charge in [0.2, 0.25) is 5.95 Å². The Labute approximate surface area is 170 Å². The molecule has 0 spiro atoms. The minimum absolute atomic E-state index is 0.00892. The van der Waals surface area contributed by atoms with Crippen molar-refractivity contribution in [3.05, 3.63) is 59.2 Å². The zero-order chi connectivity index (χ0) is 20.1. The number of hydrogen-bond acceptors (Lipinski definition) is 6. The molecule has 1 atom stereocenters. The second-order valence-electron chi connectivity index (χ2n) is 6.94. The van der Waals surface area contributed by atoms with Crippen molar-refractivity contribution in [2.75, 3.05) is 17.2 Å². The molecule has 28 heavy (non-hydrogen) atoms. The maximum atomic E-state index is 9.65. The van der Waals surface area contributed by atoms with E-state index in [9.17, 15) is 5.11 Å². The Hall–Kier alpha value is -2.70. The van der Waals surface area contributed by atoms with Gasteiger partial charge in [-0.05, 0) is 42.7 Å². The van der Waals surface area contributed by atoms with E-state index in [4.69, 9.17) is 11.6 Å². The van der Waals surface area contributed by atoms with E-state index < -0.39 is 0 Å². The summed E-state index contributed by atoms with van der Waals surface area (Å²) in [5.41, 5.74) is 3.34. The van der Waals surface area contributed by atoms with Crippen LogP contribution in [0.15, 0.2) is 48.7 Å². The zero-order valence-electron chi connectivity index (χ0n) is 16.1. The number of hydrogen-bond donors (Lipinski definition) is 3. The number of nitrogens with one attached hydrogen (secondary N) is 2. The van der Waals surface area contributed by atoms with Crippen LogP contribution in [0.4, 0.5) is 17.5 Å². The summed E-state index contributed by atoms with van der Waals surface area (Å²) >= 11 is 6.14. The zero-order valence-corrected chi connectivity index (χ0v) is 16.9. The van der Waals surface area contributed by atoms with Crippen LogP contribution in [0.2, 0.25) is 5.02 Å². The first-order valence-corrected chi connectivity index (χ1v) is 9.55. The van der Waals surface area contributed by atoms with Gasteiger partial charge in [-0.3, -0.25) is 4.98 Å². The van der Waals surface area contributed by atoms with Crippen LogP contribution in [0.5, 0.6) is 0 Å². The molecule has 0 aliphatic carbocycles. The van der Waals surface area contributed by atoms with Crippen LogP contribution in [0.1, 0.15) is 19.4 Å². The van der Waals surface area contributed by atoms with E-state index in [1.165, 1.54) is 0 Å². The number of aliphatic hydroxyl groups is 1. The van der Waals surface area contributed by atoms with E-state index in [2.05, 4.69) is 25.6 Å². The minimum atomic E-state index is -0.153. The van der Waals surface area contributed by atoms with Crippen molar-refractivity contribution in [2.45, 2.75) is 26.8 Å². The van der Waals surface area contributed by atoms with Gasteiger partial charge in [0, 0.05) is 23.0 Å². The predicted molar refractivity (Wildman–Crippen MR) is 114 cm³/mol. The number of benzene rings is 1. The first kappa shape index (κ1) is 20.0. The summed E-state index contributed by atoms with van der Waals surface area (Å²) in [4.78, 5) is 13.6. The normalized spacial score (nSPS) is 12.1. The highest BCUT2D eigenvalue weighted by Crippen LogP contribution is 2.26. The maximum absolute atomic E-state index is 9.65. The van der Waals surface area contributed by atoms with Crippen LogP contribution in [0.25, 0.3) is 11.4 Å². The molecule has 0 unspecified atom stereocenters. The second kappa shape index (κ2) is 8.99. The summed E-state index contributed by atoms with van der Waals surface area (Å²) in [6.07, 6.45) is 1.73. The average molecular weight is 398 g/mol. The number of aryl methyl sites for hydroxylation is 1. The van der Waals surface area contributed by atoms with E-state index in [1.807, 2.05) is 63.2 Å². The fourth-order valence-corrected chi connectivity index (χ4v) is 2.85. The summed E-state index contributed by atoms with van der Waals surface area (Å²) < 4.78 is 0. The van der Waals surface area contributed by atoms with Crippen molar-refractivity contribution < 1.29 is 5.11 Å². The number of halogens is 1. The lowest BCUT2D eigenvalue weighted by atomic mass is 10.1. The highest BCUT2D eigenvalue weighted by Gasteiger charge is 2.15. The van der Waals surface area contributed by atoms with Crippen LogP contribution in [0, 0.1) is 12.8 Å². The van der Waals surface area contributed by atoms with Gasteiger partial charge >= 0.3 is 0 Å². The van der Waals surface area contributed by atoms with Gasteiger partial charge in [-0.2, -0.15) is 4.98 Å². The number of aliphatic hydroxyl groups excluding tert-OH is 1. The molecule has 2 aromatic heterocycles. The molecule has 0 radical (unpaired) electrons.